The van der Waals surface area contributed by atoms with Crippen molar-refractivity contribution in [3.05, 3.63) is 0 Å². The summed E-state index contributed by atoms with van der Waals surface area (Å²) in [4.78, 5) is 35.9. The lowest BCUT2D eigenvalue weighted by atomic mass is 9.85. The molecule has 1 fully saturated rings. The smallest absolute Gasteiger partial charge is 0.462 e. The number of esters is 2. The van der Waals surface area contributed by atoms with Gasteiger partial charge in [-0.3, -0.25) is 18.6 Å². The first-order valence-electron chi connectivity index (χ1n) is 27.8. The Bertz CT molecular complexity index is 1180. The number of rotatable bonds is 48. The van der Waals surface area contributed by atoms with Crippen LogP contribution >= 0.6 is 7.82 Å². The highest BCUT2D eigenvalue weighted by molar-refractivity contribution is 7.47. The summed E-state index contributed by atoms with van der Waals surface area (Å²) in [6, 6.07) is 0. The van der Waals surface area contributed by atoms with Crippen LogP contribution in [-0.4, -0.2) is 98.3 Å². The van der Waals surface area contributed by atoms with Gasteiger partial charge in [-0.25, -0.2) is 4.57 Å². The van der Waals surface area contributed by atoms with Crippen LogP contribution in [0.25, 0.3) is 0 Å². The maximum Gasteiger partial charge on any atom is 0.472 e. The minimum atomic E-state index is -5.12. The lowest BCUT2D eigenvalue weighted by Gasteiger charge is -2.41. The topological polar surface area (TPSA) is 210 Å². The number of carbonyl (C=O) groups is 2. The maximum absolute atomic E-state index is 12.9. The van der Waals surface area contributed by atoms with Crippen LogP contribution in [0, 0.1) is 0 Å². The molecule has 0 amide bonds. The Labute approximate surface area is 408 Å². The molecule has 1 aliphatic carbocycles. The molecule has 0 radical (unpaired) electrons. The highest BCUT2D eigenvalue weighted by atomic mass is 31.2. The van der Waals surface area contributed by atoms with Crippen molar-refractivity contribution in [1.82, 2.24) is 0 Å². The molecule has 398 valence electrons. The molecule has 0 heterocycles. The van der Waals surface area contributed by atoms with Crippen LogP contribution in [-0.2, 0) is 32.7 Å². The van der Waals surface area contributed by atoms with Gasteiger partial charge in [0.2, 0.25) is 0 Å². The minimum Gasteiger partial charge on any atom is -0.462 e. The van der Waals surface area contributed by atoms with Crippen LogP contribution in [0.2, 0.25) is 0 Å². The number of carbonyl (C=O) groups excluding carboxylic acids is 2. The standard InChI is InChI=1S/C53H103O13P/c1-3-5-7-9-11-13-15-17-19-21-22-23-24-26-28-30-32-34-36-38-40-42-47(55)65-45(44-64-67(61,62)66-53-51(59)49(57)48(56)50(58)52(53)60)43-63-46(54)41-39-37-35-33-31-29-27-25-20-18-16-14-12-10-8-6-4-2/h45,48-53,56-60H,3-44H2,1-2H3,(H,61,62)/t45-,48?,49-,50?,51?,52?,53?/m1/s1. The Kier molecular flexibility index (Phi) is 41.6. The molecular formula is C53H103O13P. The molecule has 0 aromatic carbocycles. The van der Waals surface area contributed by atoms with Gasteiger partial charge >= 0.3 is 19.8 Å². The van der Waals surface area contributed by atoms with Crippen LogP contribution in [0.1, 0.15) is 271 Å². The van der Waals surface area contributed by atoms with Crippen molar-refractivity contribution in [2.45, 2.75) is 313 Å². The van der Waals surface area contributed by atoms with Gasteiger partial charge in [0.15, 0.2) is 6.10 Å². The monoisotopic (exact) mass is 979 g/mol. The van der Waals surface area contributed by atoms with E-state index in [0.29, 0.717) is 12.8 Å². The van der Waals surface area contributed by atoms with E-state index in [2.05, 4.69) is 13.8 Å². The summed E-state index contributed by atoms with van der Waals surface area (Å²) in [5.41, 5.74) is 0. The number of phosphoric ester groups is 1. The van der Waals surface area contributed by atoms with Crippen molar-refractivity contribution in [3.8, 4) is 0 Å². The fourth-order valence-corrected chi connectivity index (χ4v) is 9.97. The second-order valence-electron chi connectivity index (χ2n) is 19.8. The SMILES string of the molecule is CCCCCCCCCCCCCCCCCCCCCCCC(=O)O[C@H](COC(=O)CCCCCCCCCCCCCCCCCCC)COP(=O)(O)OC1C(O)C(O)C(O)[C@@H](O)C1O. The average Bonchev–Trinajstić information content (AvgIpc) is 3.31. The highest BCUT2D eigenvalue weighted by Gasteiger charge is 2.51. The Morgan fingerprint density at radius 3 is 0.985 bits per heavy atom. The zero-order valence-corrected chi connectivity index (χ0v) is 43.6. The van der Waals surface area contributed by atoms with Crippen LogP contribution in [0.4, 0.5) is 0 Å². The minimum absolute atomic E-state index is 0.106. The van der Waals surface area contributed by atoms with Crippen LogP contribution in [0.15, 0.2) is 0 Å². The van der Waals surface area contributed by atoms with Gasteiger partial charge in [-0.05, 0) is 12.8 Å². The fourth-order valence-electron chi connectivity index (χ4n) is 9.00. The Balaban J connectivity index is 2.33. The number of ether oxygens (including phenoxy) is 2. The van der Waals surface area contributed by atoms with E-state index in [0.717, 1.165) is 38.5 Å². The predicted octanol–water partition coefficient (Wildman–Crippen LogP) is 12.4. The molecule has 0 bridgehead atoms. The second kappa shape index (κ2) is 43.6. The summed E-state index contributed by atoms with van der Waals surface area (Å²) in [6.07, 6.45) is 34.3. The first kappa shape index (κ1) is 63.9. The molecule has 0 aliphatic heterocycles. The van der Waals surface area contributed by atoms with Crippen LogP contribution < -0.4 is 0 Å². The maximum atomic E-state index is 12.9. The van der Waals surface area contributed by atoms with Crippen molar-refractivity contribution >= 4 is 19.8 Å². The summed E-state index contributed by atoms with van der Waals surface area (Å²) in [5.74, 6) is -1.08. The molecule has 1 saturated carbocycles. The van der Waals surface area contributed by atoms with Crippen molar-refractivity contribution in [2.75, 3.05) is 13.2 Å². The van der Waals surface area contributed by atoms with Gasteiger partial charge < -0.3 is 39.9 Å². The quantitative estimate of drug-likeness (QED) is 0.0191. The van der Waals surface area contributed by atoms with Gasteiger partial charge in [0.1, 0.15) is 43.2 Å². The molecular weight excluding hydrogens is 876 g/mol. The molecule has 6 N–H and O–H groups in total. The number of aliphatic hydroxyl groups excluding tert-OH is 5. The largest absolute Gasteiger partial charge is 0.472 e. The summed E-state index contributed by atoms with van der Waals surface area (Å²) in [5, 5.41) is 50.3. The Morgan fingerprint density at radius 1 is 0.403 bits per heavy atom. The molecule has 1 aliphatic rings. The van der Waals surface area contributed by atoms with Gasteiger partial charge in [-0.2, -0.15) is 0 Å². The number of hydrogen-bond donors (Lipinski definition) is 6. The number of phosphoric acid groups is 1. The number of aliphatic hydroxyl groups is 5. The van der Waals surface area contributed by atoms with E-state index in [1.54, 1.807) is 0 Å². The zero-order chi connectivity index (χ0) is 49.2. The van der Waals surface area contributed by atoms with Gasteiger partial charge in [-0.1, -0.05) is 245 Å². The molecule has 6 unspecified atom stereocenters. The van der Waals surface area contributed by atoms with Gasteiger partial charge in [0, 0.05) is 12.8 Å². The van der Waals surface area contributed by atoms with Crippen molar-refractivity contribution in [3.63, 3.8) is 0 Å². The van der Waals surface area contributed by atoms with E-state index >= 15 is 0 Å². The highest BCUT2D eigenvalue weighted by Crippen LogP contribution is 2.47. The zero-order valence-electron chi connectivity index (χ0n) is 42.7. The third-order valence-corrected chi connectivity index (χ3v) is 14.4. The second-order valence-corrected chi connectivity index (χ2v) is 21.2. The van der Waals surface area contributed by atoms with Crippen LogP contribution in [0.3, 0.4) is 0 Å². The van der Waals surface area contributed by atoms with Gasteiger partial charge in [0.05, 0.1) is 6.61 Å². The fraction of sp³-hybridized carbons (Fsp3) is 0.962. The van der Waals surface area contributed by atoms with Crippen LogP contribution in [0.5, 0.6) is 0 Å². The predicted molar refractivity (Wildman–Crippen MR) is 268 cm³/mol. The third-order valence-electron chi connectivity index (χ3n) is 13.4. The summed E-state index contributed by atoms with van der Waals surface area (Å²) < 4.78 is 33.7. The molecule has 67 heavy (non-hydrogen) atoms. The van der Waals surface area contributed by atoms with Crippen molar-refractivity contribution in [2.24, 2.45) is 0 Å². The molecule has 14 heteroatoms. The third kappa shape index (κ3) is 35.6. The first-order valence-corrected chi connectivity index (χ1v) is 29.3. The lowest BCUT2D eigenvalue weighted by Crippen LogP contribution is -2.64. The molecule has 0 saturated heterocycles. The molecule has 13 nitrogen and oxygen atoms in total. The van der Waals surface area contributed by atoms with Crippen molar-refractivity contribution < 1.29 is 63.1 Å². The summed E-state index contributed by atoms with van der Waals surface area (Å²) in [6.45, 7) is 3.37. The average molecular weight is 979 g/mol. The van der Waals surface area contributed by atoms with E-state index in [9.17, 15) is 44.6 Å². The Hall–Kier alpha value is -1.15. The summed E-state index contributed by atoms with van der Waals surface area (Å²) >= 11 is 0. The van der Waals surface area contributed by atoms with E-state index in [4.69, 9.17) is 18.5 Å². The number of unbranched alkanes of at least 4 members (excludes halogenated alkanes) is 36. The summed E-state index contributed by atoms with van der Waals surface area (Å²) in [7, 11) is -5.12. The first-order chi connectivity index (χ1) is 32.4. The normalized spacial score (nSPS) is 21.0. The van der Waals surface area contributed by atoms with E-state index < -0.39 is 75.7 Å². The van der Waals surface area contributed by atoms with E-state index in [-0.39, 0.29) is 12.8 Å². The lowest BCUT2D eigenvalue weighted by molar-refractivity contribution is -0.220. The van der Waals surface area contributed by atoms with Gasteiger partial charge in [0.25, 0.3) is 0 Å². The van der Waals surface area contributed by atoms with Gasteiger partial charge in [-0.15, -0.1) is 0 Å². The molecule has 1 rings (SSSR count). The number of hydrogen-bond acceptors (Lipinski definition) is 12. The Morgan fingerprint density at radius 2 is 0.672 bits per heavy atom. The molecule has 0 aromatic rings. The van der Waals surface area contributed by atoms with Crippen molar-refractivity contribution in [1.29, 1.82) is 0 Å². The molecule has 0 spiro atoms. The van der Waals surface area contributed by atoms with E-state index in [1.807, 2.05) is 0 Å². The van der Waals surface area contributed by atoms with E-state index in [1.165, 1.54) is 193 Å². The molecule has 8 atom stereocenters. The molecule has 0 aromatic heterocycles.